The van der Waals surface area contributed by atoms with Crippen LogP contribution in [-0.2, 0) is 6.54 Å². The molecule has 3 N–H and O–H groups in total. The molecule has 4 aromatic rings. The number of nitrogens with zero attached hydrogens (tertiary/aromatic N) is 3. The van der Waals surface area contributed by atoms with Gasteiger partial charge >= 0.3 is 5.69 Å². The van der Waals surface area contributed by atoms with Crippen LogP contribution in [0.25, 0.3) is 11.0 Å². The molecule has 1 amide bonds. The topological polar surface area (TPSA) is 113 Å². The maximum Gasteiger partial charge on any atom is 0.348 e. The highest BCUT2D eigenvalue weighted by Crippen LogP contribution is 2.17. The van der Waals surface area contributed by atoms with Crippen LogP contribution < -0.4 is 16.3 Å². The van der Waals surface area contributed by atoms with Crippen molar-refractivity contribution in [3.05, 3.63) is 88.7 Å². The first-order valence-electron chi connectivity index (χ1n) is 8.58. The Balaban J connectivity index is 1.44. The van der Waals surface area contributed by atoms with Crippen molar-refractivity contribution < 1.29 is 4.79 Å². The summed E-state index contributed by atoms with van der Waals surface area (Å²) in [7, 11) is 0. The highest BCUT2D eigenvalue weighted by Gasteiger charge is 2.07. The smallest absolute Gasteiger partial charge is 0.348 e. The molecular formula is C20H16N6O2. The number of anilines is 2. The zero-order chi connectivity index (χ0) is 19.3. The van der Waals surface area contributed by atoms with Crippen molar-refractivity contribution in [2.75, 3.05) is 10.6 Å². The van der Waals surface area contributed by atoms with Crippen LogP contribution in [0.4, 0.5) is 11.5 Å². The number of amides is 1. The molecule has 0 unspecified atom stereocenters. The fourth-order valence-corrected chi connectivity index (χ4v) is 2.71. The molecule has 0 aliphatic carbocycles. The van der Waals surface area contributed by atoms with Crippen molar-refractivity contribution in [1.82, 2.24) is 19.9 Å². The van der Waals surface area contributed by atoms with Crippen molar-refractivity contribution in [1.29, 1.82) is 0 Å². The van der Waals surface area contributed by atoms with Gasteiger partial charge < -0.3 is 10.6 Å². The first-order valence-corrected chi connectivity index (χ1v) is 8.58. The lowest BCUT2D eigenvalue weighted by atomic mass is 10.2. The van der Waals surface area contributed by atoms with E-state index in [1.807, 2.05) is 30.3 Å². The third-order valence-corrected chi connectivity index (χ3v) is 4.10. The Kier molecular flexibility index (Phi) is 4.75. The molecule has 4 rings (SSSR count). The number of aromatic nitrogens is 4. The van der Waals surface area contributed by atoms with Gasteiger partial charge in [-0.2, -0.15) is 4.98 Å². The quantitative estimate of drug-likeness (QED) is 0.496. The molecule has 0 saturated carbocycles. The van der Waals surface area contributed by atoms with E-state index < -0.39 is 5.69 Å². The van der Waals surface area contributed by atoms with E-state index in [1.165, 1.54) is 6.20 Å². The van der Waals surface area contributed by atoms with Gasteiger partial charge in [-0.25, -0.2) is 9.78 Å². The molecule has 0 saturated heterocycles. The average Bonchev–Trinajstić information content (AvgIpc) is 2.73. The maximum atomic E-state index is 12.2. The van der Waals surface area contributed by atoms with E-state index >= 15 is 0 Å². The number of fused-ring (bicyclic) bond motifs is 1. The number of carbonyl (C=O) groups is 1. The van der Waals surface area contributed by atoms with Crippen LogP contribution in [0.15, 0.2) is 71.9 Å². The summed E-state index contributed by atoms with van der Waals surface area (Å²) in [6.45, 7) is 0.470. The van der Waals surface area contributed by atoms with Gasteiger partial charge in [0.25, 0.3) is 5.91 Å². The Morgan fingerprint density at radius 2 is 1.86 bits per heavy atom. The van der Waals surface area contributed by atoms with Gasteiger partial charge in [0, 0.05) is 30.8 Å². The Hall–Kier alpha value is -4.07. The van der Waals surface area contributed by atoms with E-state index in [1.54, 1.807) is 30.6 Å². The number of H-pyrrole nitrogens is 1. The predicted octanol–water partition coefficient (Wildman–Crippen LogP) is 2.58. The Labute approximate surface area is 159 Å². The number of rotatable bonds is 5. The van der Waals surface area contributed by atoms with Gasteiger partial charge in [0.2, 0.25) is 0 Å². The molecule has 0 fully saturated rings. The van der Waals surface area contributed by atoms with Gasteiger partial charge in [-0.05, 0) is 42.0 Å². The van der Waals surface area contributed by atoms with E-state index in [0.29, 0.717) is 29.3 Å². The minimum atomic E-state index is -0.456. The summed E-state index contributed by atoms with van der Waals surface area (Å²) < 4.78 is 0. The van der Waals surface area contributed by atoms with Crippen LogP contribution in [0.5, 0.6) is 0 Å². The monoisotopic (exact) mass is 372 g/mol. The van der Waals surface area contributed by atoms with E-state index in [-0.39, 0.29) is 5.91 Å². The largest absolute Gasteiger partial charge is 0.365 e. The average molecular weight is 372 g/mol. The van der Waals surface area contributed by atoms with Gasteiger partial charge in [0.1, 0.15) is 11.5 Å². The van der Waals surface area contributed by atoms with Crippen LogP contribution >= 0.6 is 0 Å². The molecule has 0 aliphatic rings. The normalized spacial score (nSPS) is 10.6. The number of hydrogen-bond acceptors (Lipinski definition) is 6. The fourth-order valence-electron chi connectivity index (χ4n) is 2.71. The second-order valence-electron chi connectivity index (χ2n) is 6.04. The molecule has 0 bridgehead atoms. The minimum absolute atomic E-state index is 0.217. The highest BCUT2D eigenvalue weighted by molar-refractivity contribution is 6.04. The zero-order valence-electron chi connectivity index (χ0n) is 14.7. The molecule has 28 heavy (non-hydrogen) atoms. The molecular weight excluding hydrogens is 356 g/mol. The first kappa shape index (κ1) is 17.3. The maximum absolute atomic E-state index is 12.2. The van der Waals surface area contributed by atoms with Crippen LogP contribution in [0.1, 0.15) is 15.9 Å². The number of pyridine rings is 2. The van der Waals surface area contributed by atoms with Gasteiger partial charge in [-0.15, -0.1) is 0 Å². The van der Waals surface area contributed by atoms with Crippen molar-refractivity contribution in [2.24, 2.45) is 0 Å². The summed E-state index contributed by atoms with van der Waals surface area (Å²) in [4.78, 5) is 38.5. The summed E-state index contributed by atoms with van der Waals surface area (Å²) in [5.41, 5.74) is 2.18. The molecule has 8 heteroatoms. The SMILES string of the molecule is O=C(Nc1ccc(CNc2nc(=O)[nH]c3ncccc23)cc1)c1cccnc1. The Morgan fingerprint density at radius 3 is 2.64 bits per heavy atom. The summed E-state index contributed by atoms with van der Waals surface area (Å²) in [5, 5.41) is 6.73. The number of hydrogen-bond donors (Lipinski definition) is 3. The van der Waals surface area contributed by atoms with Crippen molar-refractivity contribution in [2.45, 2.75) is 6.54 Å². The van der Waals surface area contributed by atoms with Crippen molar-refractivity contribution >= 4 is 28.4 Å². The van der Waals surface area contributed by atoms with E-state index in [4.69, 9.17) is 0 Å². The van der Waals surface area contributed by atoms with Gasteiger partial charge in [-0.3, -0.25) is 14.8 Å². The van der Waals surface area contributed by atoms with E-state index in [0.717, 1.165) is 10.9 Å². The molecule has 0 aliphatic heterocycles. The summed E-state index contributed by atoms with van der Waals surface area (Å²) >= 11 is 0. The molecule has 1 aromatic carbocycles. The fraction of sp³-hybridized carbons (Fsp3) is 0.0500. The van der Waals surface area contributed by atoms with Crippen LogP contribution in [0.2, 0.25) is 0 Å². The van der Waals surface area contributed by atoms with E-state index in [9.17, 15) is 9.59 Å². The molecule has 0 spiro atoms. The summed E-state index contributed by atoms with van der Waals surface area (Å²) in [6, 6.07) is 14.4. The second kappa shape index (κ2) is 7.67. The lowest BCUT2D eigenvalue weighted by molar-refractivity contribution is 0.102. The van der Waals surface area contributed by atoms with Crippen LogP contribution in [0, 0.1) is 0 Å². The van der Waals surface area contributed by atoms with Crippen molar-refractivity contribution in [3.8, 4) is 0 Å². The third-order valence-electron chi connectivity index (χ3n) is 4.10. The Bertz CT molecular complexity index is 1170. The number of carbonyl (C=O) groups excluding carboxylic acids is 1. The number of nitrogens with one attached hydrogen (secondary N) is 3. The predicted molar refractivity (Wildman–Crippen MR) is 106 cm³/mol. The van der Waals surface area contributed by atoms with Crippen LogP contribution in [-0.4, -0.2) is 25.8 Å². The van der Waals surface area contributed by atoms with Gasteiger partial charge in [0.15, 0.2) is 0 Å². The lowest BCUT2D eigenvalue weighted by Gasteiger charge is -2.09. The standard InChI is InChI=1S/C20H16N6O2/c27-19(14-3-1-9-21-12-14)24-15-7-5-13(6-8-15)11-23-18-16-4-2-10-22-17(16)25-20(28)26-18/h1-10,12H,11H2,(H,24,27)(H2,22,23,25,26,28). The third kappa shape index (κ3) is 3.85. The summed E-state index contributed by atoms with van der Waals surface area (Å²) in [5.74, 6) is 0.256. The molecule has 3 heterocycles. The first-order chi connectivity index (χ1) is 13.7. The molecule has 138 valence electrons. The number of benzene rings is 1. The molecule has 3 aromatic heterocycles. The minimum Gasteiger partial charge on any atom is -0.365 e. The second-order valence-corrected chi connectivity index (χ2v) is 6.04. The molecule has 8 nitrogen and oxygen atoms in total. The molecule has 0 atom stereocenters. The number of aromatic amines is 1. The van der Waals surface area contributed by atoms with Crippen molar-refractivity contribution in [3.63, 3.8) is 0 Å². The van der Waals surface area contributed by atoms with Gasteiger partial charge in [-0.1, -0.05) is 12.1 Å². The van der Waals surface area contributed by atoms with Crippen LogP contribution in [0.3, 0.4) is 0 Å². The van der Waals surface area contributed by atoms with Gasteiger partial charge in [0.05, 0.1) is 10.9 Å². The lowest BCUT2D eigenvalue weighted by Crippen LogP contribution is -2.15. The van der Waals surface area contributed by atoms with E-state index in [2.05, 4.69) is 30.6 Å². The Morgan fingerprint density at radius 1 is 1.04 bits per heavy atom. The molecule has 0 radical (unpaired) electrons. The summed E-state index contributed by atoms with van der Waals surface area (Å²) in [6.07, 6.45) is 4.75. The highest BCUT2D eigenvalue weighted by atomic mass is 16.1. The zero-order valence-corrected chi connectivity index (χ0v) is 14.7.